The van der Waals surface area contributed by atoms with Crippen molar-refractivity contribution >= 4 is 34.0 Å². The molecule has 4 heteroatoms. The summed E-state index contributed by atoms with van der Waals surface area (Å²) < 4.78 is 5.33. The molecular formula is C12H28OS2Si. The minimum absolute atomic E-state index is 0.422. The van der Waals surface area contributed by atoms with Gasteiger partial charge in [-0.15, -0.1) is 11.8 Å². The monoisotopic (exact) mass is 280 g/mol. The summed E-state index contributed by atoms with van der Waals surface area (Å²) >= 11 is 4.08. The van der Waals surface area contributed by atoms with E-state index in [9.17, 15) is 0 Å². The number of rotatable bonds is 12. The van der Waals surface area contributed by atoms with E-state index in [1.165, 1.54) is 55.8 Å². The van der Waals surface area contributed by atoms with E-state index in [4.69, 9.17) is 4.43 Å². The van der Waals surface area contributed by atoms with E-state index >= 15 is 0 Å². The van der Waals surface area contributed by atoms with Crippen LogP contribution in [0, 0.1) is 0 Å². The van der Waals surface area contributed by atoms with Gasteiger partial charge < -0.3 is 4.43 Å². The Hall–Kier alpha value is 0.877. The van der Waals surface area contributed by atoms with E-state index in [1.54, 1.807) is 0 Å². The number of thioether (sulfide) groups is 2. The minimum atomic E-state index is 0.422. The zero-order valence-corrected chi connectivity index (χ0v) is 14.8. The number of hydrogen-bond acceptors (Lipinski definition) is 3. The second-order valence-corrected chi connectivity index (χ2v) is 7.16. The van der Waals surface area contributed by atoms with Crippen molar-refractivity contribution in [2.24, 2.45) is 0 Å². The molecule has 98 valence electrons. The molecule has 0 aliphatic rings. The molecule has 1 nitrogen and oxygen atoms in total. The van der Waals surface area contributed by atoms with Gasteiger partial charge in [0.15, 0.2) is 0 Å². The molecule has 0 aromatic heterocycles. The zero-order chi connectivity index (χ0) is 12.1. The van der Waals surface area contributed by atoms with Crippen molar-refractivity contribution in [3.63, 3.8) is 0 Å². The van der Waals surface area contributed by atoms with Crippen LogP contribution < -0.4 is 0 Å². The molecule has 0 saturated heterocycles. The molecule has 1 atom stereocenters. The molecule has 0 aromatic rings. The Morgan fingerprint density at radius 3 is 2.38 bits per heavy atom. The highest BCUT2D eigenvalue weighted by atomic mass is 32.2. The van der Waals surface area contributed by atoms with Crippen LogP contribution in [0.1, 0.15) is 52.4 Å². The van der Waals surface area contributed by atoms with Gasteiger partial charge in [0.05, 0.1) is 5.44 Å². The summed E-state index contributed by atoms with van der Waals surface area (Å²) in [7, 11) is 0.868. The third-order valence-corrected chi connectivity index (χ3v) is 5.90. The van der Waals surface area contributed by atoms with Crippen LogP contribution in [0.25, 0.3) is 0 Å². The van der Waals surface area contributed by atoms with Crippen LogP contribution >= 0.6 is 23.5 Å². The van der Waals surface area contributed by atoms with Gasteiger partial charge in [-0.2, -0.15) is 11.8 Å². The number of unbranched alkanes of at least 4 members (excludes halogenated alkanes) is 4. The van der Waals surface area contributed by atoms with Crippen molar-refractivity contribution in [1.29, 1.82) is 0 Å². The predicted octanol–water partition coefficient (Wildman–Crippen LogP) is 3.46. The molecule has 0 aliphatic carbocycles. The second kappa shape index (κ2) is 13.9. The maximum absolute atomic E-state index is 5.33. The Bertz CT molecular complexity index is 136. The topological polar surface area (TPSA) is 9.23 Å². The third-order valence-electron chi connectivity index (χ3n) is 2.51. The predicted molar refractivity (Wildman–Crippen MR) is 83.6 cm³/mol. The molecular weight excluding hydrogens is 252 g/mol. The lowest BCUT2D eigenvalue weighted by molar-refractivity contribution is 0.339. The Labute approximate surface area is 113 Å². The second-order valence-electron chi connectivity index (χ2n) is 4.05. The summed E-state index contributed by atoms with van der Waals surface area (Å²) in [6.45, 7) is 4.43. The van der Waals surface area contributed by atoms with Crippen LogP contribution in [0.15, 0.2) is 0 Å². The number of hydrogen-bond donors (Lipinski definition) is 0. The molecule has 0 N–H and O–H groups in total. The lowest BCUT2D eigenvalue weighted by Gasteiger charge is -2.08. The van der Waals surface area contributed by atoms with Crippen molar-refractivity contribution < 1.29 is 4.43 Å². The molecule has 0 heterocycles. The van der Waals surface area contributed by atoms with Crippen LogP contribution in [-0.2, 0) is 4.43 Å². The fraction of sp³-hybridized carbons (Fsp3) is 1.00. The molecule has 0 radical (unpaired) electrons. The van der Waals surface area contributed by atoms with Crippen LogP contribution in [-0.4, -0.2) is 33.2 Å². The molecule has 16 heavy (non-hydrogen) atoms. The lowest BCUT2D eigenvalue weighted by Crippen LogP contribution is -2.01. The van der Waals surface area contributed by atoms with Gasteiger partial charge in [-0.3, -0.25) is 0 Å². The van der Waals surface area contributed by atoms with E-state index in [1.807, 2.05) is 11.8 Å². The van der Waals surface area contributed by atoms with Crippen molar-refractivity contribution in [3.05, 3.63) is 0 Å². The maximum atomic E-state index is 5.33. The van der Waals surface area contributed by atoms with Crippen molar-refractivity contribution in [2.45, 2.75) is 57.8 Å². The van der Waals surface area contributed by atoms with E-state index in [-0.39, 0.29) is 0 Å². The zero-order valence-electron chi connectivity index (χ0n) is 11.2. The fourth-order valence-corrected chi connectivity index (χ4v) is 3.72. The largest absolute Gasteiger partial charge is 0.417 e. The first-order valence-corrected chi connectivity index (χ1v) is 9.55. The van der Waals surface area contributed by atoms with E-state index in [0.717, 1.165) is 10.5 Å². The standard InChI is InChI=1S/C12H28OS2Si/c1-3-4-5-6-7-9-14-10-8-11-15-12(2)13-16/h12H,3-11H2,1-2,16H3. The van der Waals surface area contributed by atoms with Crippen molar-refractivity contribution in [3.8, 4) is 0 Å². The summed E-state index contributed by atoms with van der Waals surface area (Å²) in [5, 5.41) is 0. The summed E-state index contributed by atoms with van der Waals surface area (Å²) in [6.07, 6.45) is 8.38. The quantitative estimate of drug-likeness (QED) is 0.308. The molecule has 0 saturated carbocycles. The highest BCUT2D eigenvalue weighted by Crippen LogP contribution is 2.14. The van der Waals surface area contributed by atoms with E-state index < -0.39 is 0 Å². The van der Waals surface area contributed by atoms with Crippen molar-refractivity contribution in [1.82, 2.24) is 0 Å². The third kappa shape index (κ3) is 12.9. The molecule has 1 unspecified atom stereocenters. The van der Waals surface area contributed by atoms with Gasteiger partial charge in [-0.05, 0) is 37.0 Å². The molecule has 0 aromatic carbocycles. The normalized spacial score (nSPS) is 13.1. The summed E-state index contributed by atoms with van der Waals surface area (Å²) in [4.78, 5) is 0. The van der Waals surface area contributed by atoms with Gasteiger partial charge in [-0.25, -0.2) is 0 Å². The minimum Gasteiger partial charge on any atom is -0.417 e. The maximum Gasteiger partial charge on any atom is 0.147 e. The molecule has 0 rings (SSSR count). The van der Waals surface area contributed by atoms with Crippen LogP contribution in [0.3, 0.4) is 0 Å². The summed E-state index contributed by atoms with van der Waals surface area (Å²) in [5.74, 6) is 3.95. The van der Waals surface area contributed by atoms with Gasteiger partial charge in [0.1, 0.15) is 10.5 Å². The van der Waals surface area contributed by atoms with E-state index in [2.05, 4.69) is 25.6 Å². The SMILES string of the molecule is CCCCCCCSCCCSC(C)O[SiH3]. The smallest absolute Gasteiger partial charge is 0.147 e. The molecule has 0 spiro atoms. The first-order chi connectivity index (χ1) is 7.81. The Morgan fingerprint density at radius 2 is 1.69 bits per heavy atom. The Morgan fingerprint density at radius 1 is 1.00 bits per heavy atom. The van der Waals surface area contributed by atoms with Gasteiger partial charge >= 0.3 is 0 Å². The van der Waals surface area contributed by atoms with Crippen molar-refractivity contribution in [2.75, 3.05) is 17.3 Å². The fourth-order valence-electron chi connectivity index (χ4n) is 1.39. The molecule has 0 aliphatic heterocycles. The Kier molecular flexibility index (Phi) is 14.7. The Balaban J connectivity index is 2.93. The van der Waals surface area contributed by atoms with Crippen LogP contribution in [0.5, 0.6) is 0 Å². The lowest BCUT2D eigenvalue weighted by atomic mass is 10.2. The van der Waals surface area contributed by atoms with E-state index in [0.29, 0.717) is 5.44 Å². The van der Waals surface area contributed by atoms with Gasteiger partial charge in [0.2, 0.25) is 0 Å². The summed E-state index contributed by atoms with van der Waals surface area (Å²) in [5.41, 5.74) is 0.422. The van der Waals surface area contributed by atoms with Gasteiger partial charge in [-0.1, -0.05) is 32.6 Å². The molecule has 0 amide bonds. The first kappa shape index (κ1) is 16.9. The first-order valence-electron chi connectivity index (χ1n) is 6.53. The van der Waals surface area contributed by atoms with Gasteiger partial charge in [0.25, 0.3) is 0 Å². The average molecular weight is 281 g/mol. The molecule has 0 bridgehead atoms. The molecule has 0 fully saturated rings. The average Bonchev–Trinajstić information content (AvgIpc) is 2.31. The van der Waals surface area contributed by atoms with Gasteiger partial charge in [0, 0.05) is 0 Å². The highest BCUT2D eigenvalue weighted by Gasteiger charge is 1.98. The summed E-state index contributed by atoms with van der Waals surface area (Å²) in [6, 6.07) is 0. The van der Waals surface area contributed by atoms with Crippen LogP contribution in [0.4, 0.5) is 0 Å². The van der Waals surface area contributed by atoms with Crippen LogP contribution in [0.2, 0.25) is 0 Å². The highest BCUT2D eigenvalue weighted by molar-refractivity contribution is 8.00.